The van der Waals surface area contributed by atoms with Gasteiger partial charge in [0.05, 0.1) is 13.0 Å². The molecule has 25 heavy (non-hydrogen) atoms. The van der Waals surface area contributed by atoms with Gasteiger partial charge in [-0.2, -0.15) is 13.2 Å². The molecule has 9 heteroatoms. The molecule has 2 aliphatic carbocycles. The number of carbonyl (C=O) groups excluding carboxylic acids is 1. The van der Waals surface area contributed by atoms with Gasteiger partial charge in [0.25, 0.3) is 0 Å². The molecule has 6 nitrogen and oxygen atoms in total. The number of alkyl halides is 3. The largest absolute Gasteiger partial charge is 0.478 e. The lowest BCUT2D eigenvalue weighted by molar-refractivity contribution is -0.145. The lowest BCUT2D eigenvalue weighted by Gasteiger charge is -2.30. The number of ether oxygens (including phenoxy) is 1. The van der Waals surface area contributed by atoms with E-state index in [1.807, 2.05) is 0 Å². The van der Waals surface area contributed by atoms with Gasteiger partial charge >= 0.3 is 18.1 Å². The number of carboxylic acid groups (broad SMARTS) is 1. The molecule has 0 amide bonds. The van der Waals surface area contributed by atoms with Crippen LogP contribution in [0.25, 0.3) is 0 Å². The number of hydrogen-bond donors (Lipinski definition) is 3. The molecular formula is C16H21F3N2O4. The van der Waals surface area contributed by atoms with Crippen LogP contribution in [-0.2, 0) is 14.3 Å². The number of hydrogen-bond acceptors (Lipinski definition) is 5. The van der Waals surface area contributed by atoms with E-state index < -0.39 is 29.5 Å². The van der Waals surface area contributed by atoms with Gasteiger partial charge in [-0.25, -0.2) is 4.79 Å². The van der Waals surface area contributed by atoms with Crippen molar-refractivity contribution in [3.8, 4) is 0 Å². The maximum Gasteiger partial charge on any atom is 0.431 e. The highest BCUT2D eigenvalue weighted by Gasteiger charge is 2.58. The Morgan fingerprint density at radius 2 is 2.12 bits per heavy atom. The zero-order valence-electron chi connectivity index (χ0n) is 13.8. The minimum absolute atomic E-state index is 0.130. The van der Waals surface area contributed by atoms with Crippen LogP contribution in [0.2, 0.25) is 0 Å². The Hall–Kier alpha value is -2.06. The lowest BCUT2D eigenvalue weighted by Crippen LogP contribution is -2.40. The number of nitrogens with one attached hydrogen (secondary N) is 2. The average Bonchev–Trinajstić information content (AvgIpc) is 3.18. The van der Waals surface area contributed by atoms with Crippen molar-refractivity contribution < 1.29 is 32.6 Å². The molecule has 2 aliphatic rings. The van der Waals surface area contributed by atoms with Gasteiger partial charge in [-0.05, 0) is 43.9 Å². The van der Waals surface area contributed by atoms with Crippen LogP contribution >= 0.6 is 0 Å². The van der Waals surface area contributed by atoms with E-state index in [4.69, 9.17) is 15.3 Å². The zero-order chi connectivity index (χ0) is 18.8. The van der Waals surface area contributed by atoms with Gasteiger partial charge in [0.15, 0.2) is 0 Å². The van der Waals surface area contributed by atoms with Crippen molar-refractivity contribution in [3.63, 3.8) is 0 Å². The summed E-state index contributed by atoms with van der Waals surface area (Å²) in [6, 6.07) is -0.534. The zero-order valence-corrected chi connectivity index (χ0v) is 13.8. The van der Waals surface area contributed by atoms with E-state index in [1.165, 1.54) is 0 Å². The molecule has 140 valence electrons. The number of aliphatic carboxylic acids is 1. The first-order valence-corrected chi connectivity index (χ1v) is 8.10. The fourth-order valence-corrected chi connectivity index (χ4v) is 3.69. The number of carboxylic acids is 1. The molecule has 0 spiro atoms. The highest BCUT2D eigenvalue weighted by atomic mass is 19.4. The second-order valence-corrected chi connectivity index (χ2v) is 6.60. The first-order valence-electron chi connectivity index (χ1n) is 8.10. The fraction of sp³-hybridized carbons (Fsp3) is 0.688. The fourth-order valence-electron chi connectivity index (χ4n) is 3.69. The molecule has 3 atom stereocenters. The summed E-state index contributed by atoms with van der Waals surface area (Å²) in [4.78, 5) is 22.6. The highest BCUT2D eigenvalue weighted by Crippen LogP contribution is 2.63. The van der Waals surface area contributed by atoms with Gasteiger partial charge in [0.1, 0.15) is 11.3 Å². The van der Waals surface area contributed by atoms with E-state index in [9.17, 15) is 22.8 Å². The molecule has 0 aliphatic heterocycles. The summed E-state index contributed by atoms with van der Waals surface area (Å²) in [7, 11) is 0. The predicted octanol–water partition coefficient (Wildman–Crippen LogP) is 2.64. The van der Waals surface area contributed by atoms with Crippen molar-refractivity contribution in [2.75, 3.05) is 6.61 Å². The van der Waals surface area contributed by atoms with Gasteiger partial charge in [-0.3, -0.25) is 4.79 Å². The number of rotatable bonds is 7. The summed E-state index contributed by atoms with van der Waals surface area (Å²) in [5, 5.41) is 18.1. The van der Waals surface area contributed by atoms with Crippen LogP contribution in [0.15, 0.2) is 11.3 Å². The molecule has 0 saturated heterocycles. The molecule has 0 aromatic heterocycles. The van der Waals surface area contributed by atoms with E-state index in [1.54, 1.807) is 6.92 Å². The van der Waals surface area contributed by atoms with E-state index in [0.29, 0.717) is 25.9 Å². The lowest BCUT2D eigenvalue weighted by atomic mass is 9.83. The maximum absolute atomic E-state index is 13.2. The van der Waals surface area contributed by atoms with Crippen LogP contribution in [0.1, 0.15) is 39.0 Å². The predicted molar refractivity (Wildman–Crippen MR) is 82.1 cm³/mol. The van der Waals surface area contributed by atoms with Gasteiger partial charge in [-0.1, -0.05) is 0 Å². The quantitative estimate of drug-likeness (QED) is 0.367. The van der Waals surface area contributed by atoms with E-state index in [-0.39, 0.29) is 29.9 Å². The third kappa shape index (κ3) is 4.32. The molecule has 3 N–H and O–H groups in total. The first kappa shape index (κ1) is 19.3. The van der Waals surface area contributed by atoms with Crippen LogP contribution in [0.4, 0.5) is 13.2 Å². The maximum atomic E-state index is 13.2. The Bertz CT molecular complexity index is 603. The molecule has 0 aromatic rings. The number of carbonyl (C=O) groups is 2. The van der Waals surface area contributed by atoms with Crippen LogP contribution in [0, 0.1) is 16.7 Å². The van der Waals surface area contributed by atoms with E-state index in [0.717, 1.165) is 6.42 Å². The Kier molecular flexibility index (Phi) is 5.43. The number of esters is 1. The second kappa shape index (κ2) is 7.05. The van der Waals surface area contributed by atoms with Crippen LogP contribution < -0.4 is 5.32 Å². The number of allylic oxidation sites excluding steroid dienone is 1. The molecule has 0 heterocycles. The van der Waals surface area contributed by atoms with Gasteiger partial charge in [-0.15, -0.1) is 0 Å². The summed E-state index contributed by atoms with van der Waals surface area (Å²) in [6.45, 7) is 2.01. The van der Waals surface area contributed by atoms with E-state index in [2.05, 4.69) is 5.32 Å². The van der Waals surface area contributed by atoms with Crippen molar-refractivity contribution in [2.45, 2.75) is 51.2 Å². The van der Waals surface area contributed by atoms with Crippen molar-refractivity contribution in [3.05, 3.63) is 11.3 Å². The Morgan fingerprint density at radius 3 is 2.60 bits per heavy atom. The molecule has 2 rings (SSSR count). The number of fused-ring (bicyclic) bond motifs is 1. The molecular weight excluding hydrogens is 341 g/mol. The first-order chi connectivity index (χ1) is 11.6. The molecule has 0 aromatic carbocycles. The van der Waals surface area contributed by atoms with Crippen molar-refractivity contribution >= 4 is 18.2 Å². The van der Waals surface area contributed by atoms with Gasteiger partial charge in [0.2, 0.25) is 0 Å². The Balaban J connectivity index is 2.04. The summed E-state index contributed by atoms with van der Waals surface area (Å²) < 4.78 is 44.4. The monoisotopic (exact) mass is 362 g/mol. The smallest absolute Gasteiger partial charge is 0.431 e. The summed E-state index contributed by atoms with van der Waals surface area (Å²) in [5.74, 6) is -1.95. The average molecular weight is 362 g/mol. The van der Waals surface area contributed by atoms with E-state index >= 15 is 0 Å². The minimum atomic E-state index is -4.88. The summed E-state index contributed by atoms with van der Waals surface area (Å²) in [6.07, 6.45) is -2.21. The Morgan fingerprint density at radius 1 is 1.44 bits per heavy atom. The van der Waals surface area contributed by atoms with Crippen LogP contribution in [0.3, 0.4) is 0 Å². The molecule has 1 unspecified atom stereocenters. The third-order valence-corrected chi connectivity index (χ3v) is 5.00. The summed E-state index contributed by atoms with van der Waals surface area (Å²) >= 11 is 0. The topological polar surface area (TPSA) is 99.5 Å². The number of halogens is 3. The van der Waals surface area contributed by atoms with Crippen LogP contribution in [0.5, 0.6) is 0 Å². The van der Waals surface area contributed by atoms with Gasteiger partial charge < -0.3 is 20.6 Å². The molecule has 2 fully saturated rings. The van der Waals surface area contributed by atoms with Crippen molar-refractivity contribution in [2.24, 2.45) is 11.3 Å². The minimum Gasteiger partial charge on any atom is -0.478 e. The highest BCUT2D eigenvalue weighted by molar-refractivity contribution is 6.08. The second-order valence-electron chi connectivity index (χ2n) is 6.60. The molecule has 0 bridgehead atoms. The third-order valence-electron chi connectivity index (χ3n) is 5.00. The van der Waals surface area contributed by atoms with Gasteiger partial charge in [0, 0.05) is 12.3 Å². The van der Waals surface area contributed by atoms with Crippen molar-refractivity contribution in [1.82, 2.24) is 5.32 Å². The Labute approximate surface area is 142 Å². The molecule has 0 radical (unpaired) electrons. The van der Waals surface area contributed by atoms with Crippen molar-refractivity contribution in [1.29, 1.82) is 5.41 Å². The van der Waals surface area contributed by atoms with Crippen LogP contribution in [-0.4, -0.2) is 42.1 Å². The normalized spacial score (nSPS) is 29.1. The standard InChI is InChI=1S/C16H21F3N2O4/c1-2-25-12(22)7-15-4-3-10(5-9(15)6-15)21-13(16(17,18)19)11(8-20)14(23)24/h8-10,20-21H,2-7H2,1H3,(H,23,24)/b13-11+,20-8?/t9?,10-,15-/m1/s1. The SMILES string of the molecule is CCOC(=O)C[C@]12CC[C@@H](N/C(=C(\C=N)C(=O)O)C(F)(F)F)CC1C2. The molecule has 2 saturated carbocycles. The summed E-state index contributed by atoms with van der Waals surface area (Å²) in [5.41, 5.74) is -2.67.